The third kappa shape index (κ3) is 7.18. The predicted octanol–water partition coefficient (Wildman–Crippen LogP) is 3.60. The van der Waals surface area contributed by atoms with E-state index in [9.17, 15) is 23.5 Å². The summed E-state index contributed by atoms with van der Waals surface area (Å²) in [5, 5.41) is 15.2. The average molecular weight is 512 g/mol. The zero-order chi connectivity index (χ0) is 26.2. The first kappa shape index (κ1) is 25.9. The predicted molar refractivity (Wildman–Crippen MR) is 131 cm³/mol. The molecule has 2 aromatic heterocycles. The normalized spacial score (nSPS) is 13.4. The van der Waals surface area contributed by atoms with Crippen LogP contribution in [0.4, 0.5) is 14.6 Å². The number of anilines is 1. The van der Waals surface area contributed by atoms with E-state index >= 15 is 0 Å². The highest BCUT2D eigenvalue weighted by atomic mass is 19.3. The summed E-state index contributed by atoms with van der Waals surface area (Å²) in [5.41, 5.74) is 2.13. The number of aryl methyl sites for hydroxylation is 2. The van der Waals surface area contributed by atoms with Crippen LogP contribution in [0.2, 0.25) is 0 Å². The molecule has 0 radical (unpaired) electrons. The molecule has 0 fully saturated rings. The van der Waals surface area contributed by atoms with E-state index in [1.54, 1.807) is 24.3 Å². The summed E-state index contributed by atoms with van der Waals surface area (Å²) in [6.07, 6.45) is 2.65. The number of nitrogens with zero attached hydrogens (tertiary/aromatic N) is 3. The van der Waals surface area contributed by atoms with Crippen LogP contribution in [-0.4, -0.2) is 51.1 Å². The van der Waals surface area contributed by atoms with Crippen LogP contribution in [0.3, 0.4) is 0 Å². The standard InChI is InChI=1S/C26H27F2N5O4/c27-23(28)21-14-31-22(15-30-21)25(34)33-20(26(35)36)13-16-5-9-19(10-6-16)37-12-2-4-18-8-7-17-3-1-11-29-24(17)32-18/h5-10,14-15,20,23H,1-4,11-13H2,(H,29,32)(H,33,34)(H,35,36)/t20-/m1/s1. The molecule has 1 aliphatic rings. The van der Waals surface area contributed by atoms with Gasteiger partial charge in [0, 0.05) is 18.7 Å². The van der Waals surface area contributed by atoms with Crippen molar-refractivity contribution in [3.8, 4) is 5.75 Å². The third-order valence-electron chi connectivity index (χ3n) is 5.89. The SMILES string of the molecule is O=C(N[C@H](Cc1ccc(OCCCc2ccc3c(n2)NCCC3)cc1)C(=O)O)c1cnc(C(F)F)cn1. The molecule has 0 saturated carbocycles. The molecule has 3 aromatic rings. The second-order valence-corrected chi connectivity index (χ2v) is 8.63. The maximum Gasteiger partial charge on any atom is 0.326 e. The molecule has 1 amide bonds. The van der Waals surface area contributed by atoms with Crippen molar-refractivity contribution in [2.45, 2.75) is 44.6 Å². The van der Waals surface area contributed by atoms with Crippen molar-refractivity contribution in [2.75, 3.05) is 18.5 Å². The second kappa shape index (κ2) is 12.2. The second-order valence-electron chi connectivity index (χ2n) is 8.63. The van der Waals surface area contributed by atoms with E-state index in [0.29, 0.717) is 17.9 Å². The summed E-state index contributed by atoms with van der Waals surface area (Å²) in [6.45, 7) is 1.46. The minimum Gasteiger partial charge on any atom is -0.494 e. The number of alkyl halides is 2. The minimum atomic E-state index is -2.81. The molecular weight excluding hydrogens is 484 g/mol. The Morgan fingerprint density at radius 3 is 2.62 bits per heavy atom. The van der Waals surface area contributed by atoms with E-state index in [4.69, 9.17) is 4.74 Å². The van der Waals surface area contributed by atoms with Gasteiger partial charge in [0.2, 0.25) is 0 Å². The Morgan fingerprint density at radius 2 is 1.92 bits per heavy atom. The van der Waals surface area contributed by atoms with Gasteiger partial charge in [-0.2, -0.15) is 0 Å². The molecule has 1 aliphatic heterocycles. The fraction of sp³-hybridized carbons (Fsp3) is 0.346. The monoisotopic (exact) mass is 511 g/mol. The molecule has 4 rings (SSSR count). The molecule has 194 valence electrons. The third-order valence-corrected chi connectivity index (χ3v) is 5.89. The average Bonchev–Trinajstić information content (AvgIpc) is 2.91. The maximum absolute atomic E-state index is 12.6. The van der Waals surface area contributed by atoms with Crippen molar-refractivity contribution in [3.05, 3.63) is 77.0 Å². The number of rotatable bonds is 11. The Hall–Kier alpha value is -4.15. The Balaban J connectivity index is 1.25. The first-order chi connectivity index (χ1) is 17.9. The lowest BCUT2D eigenvalue weighted by Gasteiger charge is -2.17. The molecule has 0 aliphatic carbocycles. The summed E-state index contributed by atoms with van der Waals surface area (Å²) in [5.74, 6) is -0.426. The van der Waals surface area contributed by atoms with Crippen molar-refractivity contribution < 1.29 is 28.2 Å². The lowest BCUT2D eigenvalue weighted by molar-refractivity contribution is -0.139. The van der Waals surface area contributed by atoms with Crippen molar-refractivity contribution in [1.29, 1.82) is 0 Å². The van der Waals surface area contributed by atoms with Gasteiger partial charge in [-0.25, -0.2) is 23.5 Å². The van der Waals surface area contributed by atoms with Gasteiger partial charge < -0.3 is 20.5 Å². The molecule has 3 heterocycles. The molecule has 0 spiro atoms. The van der Waals surface area contributed by atoms with Gasteiger partial charge in [-0.1, -0.05) is 18.2 Å². The topological polar surface area (TPSA) is 126 Å². The van der Waals surface area contributed by atoms with Gasteiger partial charge in [0.15, 0.2) is 0 Å². The summed E-state index contributed by atoms with van der Waals surface area (Å²) in [7, 11) is 0. The Morgan fingerprint density at radius 1 is 1.11 bits per heavy atom. The molecular formula is C26H27F2N5O4. The number of pyridine rings is 1. The van der Waals surface area contributed by atoms with Gasteiger partial charge in [-0.3, -0.25) is 9.78 Å². The Kier molecular flexibility index (Phi) is 8.55. The lowest BCUT2D eigenvalue weighted by Crippen LogP contribution is -2.42. The van der Waals surface area contributed by atoms with Crippen molar-refractivity contribution in [3.63, 3.8) is 0 Å². The number of nitrogens with one attached hydrogen (secondary N) is 2. The zero-order valence-corrected chi connectivity index (χ0v) is 20.0. The summed E-state index contributed by atoms with van der Waals surface area (Å²) in [4.78, 5) is 35.8. The highest BCUT2D eigenvalue weighted by molar-refractivity contribution is 5.94. The van der Waals surface area contributed by atoms with Gasteiger partial charge in [0.05, 0.1) is 19.0 Å². The van der Waals surface area contributed by atoms with Gasteiger partial charge in [0.1, 0.15) is 29.0 Å². The number of amides is 1. The number of carbonyl (C=O) groups excluding carboxylic acids is 1. The number of carboxylic acids is 1. The number of aromatic nitrogens is 3. The number of aliphatic carboxylic acids is 1. The number of hydrogen-bond acceptors (Lipinski definition) is 7. The fourth-order valence-corrected chi connectivity index (χ4v) is 3.91. The first-order valence-electron chi connectivity index (χ1n) is 12.0. The van der Waals surface area contributed by atoms with Gasteiger partial charge in [-0.15, -0.1) is 0 Å². The highest BCUT2D eigenvalue weighted by Crippen LogP contribution is 2.20. The maximum atomic E-state index is 12.6. The number of fused-ring (bicyclic) bond motifs is 1. The van der Waals surface area contributed by atoms with E-state index in [0.717, 1.165) is 56.1 Å². The van der Waals surface area contributed by atoms with Crippen LogP contribution in [0.5, 0.6) is 5.75 Å². The van der Waals surface area contributed by atoms with E-state index in [1.165, 1.54) is 5.56 Å². The fourth-order valence-electron chi connectivity index (χ4n) is 3.91. The smallest absolute Gasteiger partial charge is 0.326 e. The molecule has 1 atom stereocenters. The van der Waals surface area contributed by atoms with E-state index in [1.807, 2.05) is 0 Å². The van der Waals surface area contributed by atoms with Crippen LogP contribution >= 0.6 is 0 Å². The van der Waals surface area contributed by atoms with Gasteiger partial charge in [-0.05, 0) is 55.0 Å². The molecule has 0 bridgehead atoms. The number of hydrogen-bond donors (Lipinski definition) is 3. The Bertz CT molecular complexity index is 1220. The number of ether oxygens (including phenoxy) is 1. The van der Waals surface area contributed by atoms with Crippen LogP contribution in [0, 0.1) is 0 Å². The number of carbonyl (C=O) groups is 2. The van der Waals surface area contributed by atoms with Gasteiger partial charge in [0.25, 0.3) is 12.3 Å². The van der Waals surface area contributed by atoms with Crippen molar-refractivity contribution in [2.24, 2.45) is 0 Å². The number of benzene rings is 1. The quantitative estimate of drug-likeness (QED) is 0.334. The minimum absolute atomic E-state index is 0.0158. The summed E-state index contributed by atoms with van der Waals surface area (Å²) < 4.78 is 31.0. The molecule has 1 aromatic carbocycles. The number of halogens is 2. The highest BCUT2D eigenvalue weighted by Gasteiger charge is 2.22. The Labute approximate surface area is 212 Å². The first-order valence-corrected chi connectivity index (χ1v) is 12.0. The summed E-state index contributed by atoms with van der Waals surface area (Å²) in [6, 6.07) is 9.89. The number of carboxylic acid groups (broad SMARTS) is 1. The molecule has 9 nitrogen and oxygen atoms in total. The van der Waals surface area contributed by atoms with Crippen molar-refractivity contribution >= 4 is 17.7 Å². The molecule has 11 heteroatoms. The largest absolute Gasteiger partial charge is 0.494 e. The van der Waals surface area contributed by atoms with Crippen LogP contribution in [0.1, 0.15) is 52.3 Å². The zero-order valence-electron chi connectivity index (χ0n) is 20.0. The van der Waals surface area contributed by atoms with Crippen LogP contribution in [0.15, 0.2) is 48.8 Å². The molecule has 0 saturated heterocycles. The lowest BCUT2D eigenvalue weighted by atomic mass is 10.1. The van der Waals surface area contributed by atoms with E-state index in [2.05, 4.69) is 37.7 Å². The molecule has 3 N–H and O–H groups in total. The molecule has 37 heavy (non-hydrogen) atoms. The van der Waals surface area contributed by atoms with E-state index < -0.39 is 30.0 Å². The summed E-state index contributed by atoms with van der Waals surface area (Å²) >= 11 is 0. The van der Waals surface area contributed by atoms with Crippen LogP contribution in [-0.2, 0) is 24.1 Å². The van der Waals surface area contributed by atoms with Crippen LogP contribution < -0.4 is 15.4 Å². The van der Waals surface area contributed by atoms with Crippen molar-refractivity contribution in [1.82, 2.24) is 20.3 Å². The van der Waals surface area contributed by atoms with Gasteiger partial charge >= 0.3 is 5.97 Å². The van der Waals surface area contributed by atoms with Crippen LogP contribution in [0.25, 0.3) is 0 Å². The van der Waals surface area contributed by atoms with E-state index in [-0.39, 0.29) is 12.1 Å². The molecule has 0 unspecified atom stereocenters.